The molecule has 4 rings (SSSR count). The van der Waals surface area contributed by atoms with Crippen molar-refractivity contribution in [2.75, 3.05) is 30.6 Å². The van der Waals surface area contributed by atoms with E-state index in [2.05, 4.69) is 15.6 Å². The molecule has 4 aromatic rings. The van der Waals surface area contributed by atoms with Crippen molar-refractivity contribution >= 4 is 56.5 Å². The minimum Gasteiger partial charge on any atom is -0.497 e. The Morgan fingerprint density at radius 2 is 1.77 bits per heavy atom. The van der Waals surface area contributed by atoms with E-state index in [1.165, 1.54) is 23.1 Å². The average Bonchev–Trinajstić information content (AvgIpc) is 3.29. The predicted molar refractivity (Wildman–Crippen MR) is 142 cm³/mol. The largest absolute Gasteiger partial charge is 0.497 e. The fourth-order valence-electron chi connectivity index (χ4n) is 3.39. The van der Waals surface area contributed by atoms with E-state index in [0.29, 0.717) is 30.0 Å². The van der Waals surface area contributed by atoms with Crippen LogP contribution in [0.2, 0.25) is 0 Å². The summed E-state index contributed by atoms with van der Waals surface area (Å²) in [5.74, 6) is 1.18. The third-order valence-electron chi connectivity index (χ3n) is 5.14. The van der Waals surface area contributed by atoms with E-state index in [0.717, 1.165) is 25.8 Å². The fourth-order valence-corrected chi connectivity index (χ4v) is 5.30. The molecule has 180 valence electrons. The minimum atomic E-state index is -0.174. The number of thiazole rings is 1. The highest BCUT2D eigenvalue weighted by molar-refractivity contribution is 8.01. The molecule has 0 spiro atoms. The first-order chi connectivity index (χ1) is 17.0. The Morgan fingerprint density at radius 1 is 0.943 bits per heavy atom. The molecule has 0 unspecified atom stereocenters. The number of benzene rings is 3. The number of anilines is 2. The molecule has 1 aromatic heterocycles. The second-order valence-electron chi connectivity index (χ2n) is 7.60. The molecule has 0 fully saturated rings. The molecule has 0 bridgehead atoms. The third-order valence-corrected chi connectivity index (χ3v) is 7.30. The Bertz CT molecular complexity index is 1320. The number of thioether (sulfide) groups is 1. The molecule has 9 heteroatoms. The van der Waals surface area contributed by atoms with Crippen molar-refractivity contribution in [2.24, 2.45) is 0 Å². The van der Waals surface area contributed by atoms with Gasteiger partial charge in [-0.25, -0.2) is 4.98 Å². The van der Waals surface area contributed by atoms with Crippen LogP contribution in [0.3, 0.4) is 0 Å². The molecule has 2 amide bonds. The van der Waals surface area contributed by atoms with Gasteiger partial charge in [0.2, 0.25) is 11.8 Å². The molecule has 0 atom stereocenters. The van der Waals surface area contributed by atoms with Crippen LogP contribution in [0.25, 0.3) is 10.2 Å². The van der Waals surface area contributed by atoms with Gasteiger partial charge in [0.1, 0.15) is 11.5 Å². The highest BCUT2D eigenvalue weighted by atomic mass is 32.2. The van der Waals surface area contributed by atoms with Crippen LogP contribution < -0.4 is 20.1 Å². The van der Waals surface area contributed by atoms with Crippen molar-refractivity contribution in [1.82, 2.24) is 4.98 Å². The smallest absolute Gasteiger partial charge is 0.234 e. The molecule has 7 nitrogen and oxygen atoms in total. The molecule has 0 aliphatic heterocycles. The van der Waals surface area contributed by atoms with E-state index < -0.39 is 0 Å². The van der Waals surface area contributed by atoms with Crippen molar-refractivity contribution in [1.29, 1.82) is 0 Å². The number of hydrogen-bond donors (Lipinski definition) is 2. The number of carbonyl (C=O) groups excluding carboxylic acids is 2. The number of fused-ring (bicyclic) bond motifs is 1. The van der Waals surface area contributed by atoms with E-state index >= 15 is 0 Å². The van der Waals surface area contributed by atoms with Gasteiger partial charge in [-0.3, -0.25) is 9.59 Å². The first kappa shape index (κ1) is 24.6. The van der Waals surface area contributed by atoms with Crippen molar-refractivity contribution in [3.63, 3.8) is 0 Å². The molecule has 0 aliphatic rings. The van der Waals surface area contributed by atoms with Gasteiger partial charge in [0.15, 0.2) is 4.34 Å². The number of aryl methyl sites for hydroxylation is 1. The maximum absolute atomic E-state index is 12.5. The first-order valence-corrected chi connectivity index (χ1v) is 12.7. The second kappa shape index (κ2) is 11.7. The predicted octanol–water partition coefficient (Wildman–Crippen LogP) is 5.62. The summed E-state index contributed by atoms with van der Waals surface area (Å²) in [7, 11) is 3.12. The summed E-state index contributed by atoms with van der Waals surface area (Å²) >= 11 is 2.85. The number of methoxy groups -OCH3 is 2. The quantitative estimate of drug-likeness (QED) is 0.271. The molecule has 0 saturated heterocycles. The monoisotopic (exact) mass is 507 g/mol. The summed E-state index contributed by atoms with van der Waals surface area (Å²) in [5, 5.41) is 5.82. The fraction of sp³-hybridized carbons (Fsp3) is 0.192. The van der Waals surface area contributed by atoms with Crippen molar-refractivity contribution in [3.05, 3.63) is 72.3 Å². The SMILES string of the molecule is COc1ccc(OC)c(NC(=O)CSc2nc3ccc(NC(=O)CCc4ccccc4)cc3s2)c1. The highest BCUT2D eigenvalue weighted by Crippen LogP contribution is 2.32. The molecule has 35 heavy (non-hydrogen) atoms. The summed E-state index contributed by atoms with van der Waals surface area (Å²) in [6, 6.07) is 20.8. The standard InChI is InChI=1S/C26H25N3O4S2/c1-32-19-10-12-22(33-2)21(15-19)28-25(31)16-34-26-29-20-11-9-18(14-23(20)35-26)27-24(30)13-8-17-6-4-3-5-7-17/h3-7,9-12,14-15H,8,13,16H2,1-2H3,(H,27,30)(H,28,31). The average molecular weight is 508 g/mol. The van der Waals surface area contributed by atoms with Crippen LogP contribution in [0.15, 0.2) is 71.1 Å². The topological polar surface area (TPSA) is 89.6 Å². The van der Waals surface area contributed by atoms with E-state index in [1.807, 2.05) is 48.5 Å². The Hall–Kier alpha value is -3.56. The van der Waals surface area contributed by atoms with Gasteiger partial charge >= 0.3 is 0 Å². The lowest BCUT2D eigenvalue weighted by Gasteiger charge is -2.11. The zero-order valence-electron chi connectivity index (χ0n) is 19.4. The maximum atomic E-state index is 12.5. The molecule has 3 aromatic carbocycles. The number of nitrogens with one attached hydrogen (secondary N) is 2. The van der Waals surface area contributed by atoms with Crippen molar-refractivity contribution in [3.8, 4) is 11.5 Å². The number of ether oxygens (including phenoxy) is 2. The van der Waals surface area contributed by atoms with E-state index in [4.69, 9.17) is 9.47 Å². The normalized spacial score (nSPS) is 10.7. The number of nitrogens with zero attached hydrogens (tertiary/aromatic N) is 1. The lowest BCUT2D eigenvalue weighted by atomic mass is 10.1. The number of amides is 2. The first-order valence-electron chi connectivity index (χ1n) is 10.9. The lowest BCUT2D eigenvalue weighted by Crippen LogP contribution is -2.14. The summed E-state index contributed by atoms with van der Waals surface area (Å²) < 4.78 is 12.3. The van der Waals surface area contributed by atoms with Crippen LogP contribution in [0.4, 0.5) is 11.4 Å². The zero-order valence-corrected chi connectivity index (χ0v) is 21.0. The van der Waals surface area contributed by atoms with Gasteiger partial charge in [-0.05, 0) is 42.3 Å². The Labute approximate surface area is 211 Å². The summed E-state index contributed by atoms with van der Waals surface area (Å²) in [6.07, 6.45) is 1.11. The maximum Gasteiger partial charge on any atom is 0.234 e. The number of aromatic nitrogens is 1. The zero-order chi connectivity index (χ0) is 24.6. The van der Waals surface area contributed by atoms with E-state index in [1.54, 1.807) is 32.4 Å². The highest BCUT2D eigenvalue weighted by Gasteiger charge is 2.12. The Balaban J connectivity index is 1.33. The molecule has 2 N–H and O–H groups in total. The second-order valence-corrected chi connectivity index (χ2v) is 9.85. The number of rotatable bonds is 10. The van der Waals surface area contributed by atoms with Gasteiger partial charge in [0.05, 0.1) is 35.9 Å². The van der Waals surface area contributed by atoms with Crippen LogP contribution in [0, 0.1) is 0 Å². The number of hydrogen-bond acceptors (Lipinski definition) is 7. The van der Waals surface area contributed by atoms with E-state index in [-0.39, 0.29) is 17.6 Å². The van der Waals surface area contributed by atoms with Crippen LogP contribution in [-0.2, 0) is 16.0 Å². The Morgan fingerprint density at radius 3 is 2.54 bits per heavy atom. The summed E-state index contributed by atoms with van der Waals surface area (Å²) in [4.78, 5) is 29.5. The number of carbonyl (C=O) groups is 2. The van der Waals surface area contributed by atoms with Gasteiger partial charge in [-0.15, -0.1) is 11.3 Å². The molecular formula is C26H25N3O4S2. The lowest BCUT2D eigenvalue weighted by molar-refractivity contribution is -0.116. The van der Waals surface area contributed by atoms with Crippen LogP contribution in [0.1, 0.15) is 12.0 Å². The molecule has 0 aliphatic carbocycles. The van der Waals surface area contributed by atoms with Crippen LogP contribution in [0.5, 0.6) is 11.5 Å². The Kier molecular flexibility index (Phi) is 8.23. The van der Waals surface area contributed by atoms with Crippen molar-refractivity contribution in [2.45, 2.75) is 17.2 Å². The van der Waals surface area contributed by atoms with Gasteiger partial charge in [-0.1, -0.05) is 42.1 Å². The van der Waals surface area contributed by atoms with Gasteiger partial charge < -0.3 is 20.1 Å². The van der Waals surface area contributed by atoms with E-state index in [9.17, 15) is 9.59 Å². The molecular weight excluding hydrogens is 482 g/mol. The van der Waals surface area contributed by atoms with Crippen LogP contribution >= 0.6 is 23.1 Å². The van der Waals surface area contributed by atoms with Gasteiger partial charge in [0, 0.05) is 18.2 Å². The molecule has 0 radical (unpaired) electrons. The van der Waals surface area contributed by atoms with Gasteiger partial charge in [-0.2, -0.15) is 0 Å². The third kappa shape index (κ3) is 6.74. The summed E-state index contributed by atoms with van der Waals surface area (Å²) in [5.41, 5.74) is 3.25. The molecule has 1 heterocycles. The van der Waals surface area contributed by atoms with Gasteiger partial charge in [0.25, 0.3) is 0 Å². The summed E-state index contributed by atoms with van der Waals surface area (Å²) in [6.45, 7) is 0. The molecule has 0 saturated carbocycles. The minimum absolute atomic E-state index is 0.0306. The van der Waals surface area contributed by atoms with Crippen molar-refractivity contribution < 1.29 is 19.1 Å². The van der Waals surface area contributed by atoms with Crippen LogP contribution in [-0.4, -0.2) is 36.8 Å².